The van der Waals surface area contributed by atoms with E-state index in [1.165, 1.54) is 30.3 Å². The van der Waals surface area contributed by atoms with Crippen LogP contribution in [0.1, 0.15) is 54.2 Å². The molecule has 28 heavy (non-hydrogen) atoms. The number of ether oxygens (including phenoxy) is 2. The summed E-state index contributed by atoms with van der Waals surface area (Å²) < 4.78 is 30.2. The summed E-state index contributed by atoms with van der Waals surface area (Å²) in [6.45, 7) is 7.71. The second kappa shape index (κ2) is 7.46. The Hall–Kier alpha value is -3.15. The lowest BCUT2D eigenvalue weighted by atomic mass is 9.89. The van der Waals surface area contributed by atoms with Gasteiger partial charge in [-0.05, 0) is 37.3 Å². The zero-order valence-electron chi connectivity index (χ0n) is 16.2. The van der Waals surface area contributed by atoms with Crippen LogP contribution in [0.15, 0.2) is 46.9 Å². The maximum atomic E-state index is 13.8. The van der Waals surface area contributed by atoms with Crippen molar-refractivity contribution < 1.29 is 27.9 Å². The van der Waals surface area contributed by atoms with Gasteiger partial charge in [0.2, 0.25) is 0 Å². The van der Waals surface area contributed by atoms with Crippen LogP contribution in [-0.4, -0.2) is 18.5 Å². The number of fused-ring (bicyclic) bond motifs is 1. The number of hydrogen-bond acceptors (Lipinski definition) is 5. The van der Waals surface area contributed by atoms with Gasteiger partial charge in [0.1, 0.15) is 28.5 Å². The quantitative estimate of drug-likeness (QED) is 0.453. The molecule has 0 bridgehead atoms. The van der Waals surface area contributed by atoms with Gasteiger partial charge in [0.15, 0.2) is 0 Å². The van der Waals surface area contributed by atoms with Crippen LogP contribution in [0, 0.1) is 5.82 Å². The highest BCUT2D eigenvalue weighted by atomic mass is 19.1. The molecule has 3 rings (SSSR count). The third kappa shape index (κ3) is 3.76. The van der Waals surface area contributed by atoms with Crippen molar-refractivity contribution >= 4 is 22.9 Å². The Morgan fingerprint density at radius 1 is 1.07 bits per heavy atom. The fraction of sp³-hybridized carbons (Fsp3) is 0.273. The van der Waals surface area contributed by atoms with Crippen LogP contribution in [0.25, 0.3) is 11.0 Å². The van der Waals surface area contributed by atoms with Crippen molar-refractivity contribution in [3.8, 4) is 5.75 Å². The molecule has 2 aromatic carbocycles. The molecule has 0 saturated carbocycles. The molecule has 0 unspecified atom stereocenters. The third-order valence-electron chi connectivity index (χ3n) is 4.12. The molecular weight excluding hydrogens is 363 g/mol. The van der Waals surface area contributed by atoms with E-state index in [2.05, 4.69) is 0 Å². The first kappa shape index (κ1) is 19.6. The van der Waals surface area contributed by atoms with E-state index in [1.54, 1.807) is 19.1 Å². The summed E-state index contributed by atoms with van der Waals surface area (Å²) in [6, 6.07) is 10.2. The third-order valence-corrected chi connectivity index (χ3v) is 4.12. The molecule has 3 aromatic rings. The Bertz CT molecular complexity index is 1040. The predicted molar refractivity (Wildman–Crippen MR) is 102 cm³/mol. The van der Waals surface area contributed by atoms with Gasteiger partial charge in [0.25, 0.3) is 0 Å². The Kier molecular flexibility index (Phi) is 5.23. The monoisotopic (exact) mass is 384 g/mol. The van der Waals surface area contributed by atoms with Gasteiger partial charge in [0, 0.05) is 10.8 Å². The number of rotatable bonds is 4. The second-order valence-electron chi connectivity index (χ2n) is 7.30. The lowest BCUT2D eigenvalue weighted by Gasteiger charge is -2.16. The predicted octanol–water partition coefficient (Wildman–Crippen LogP) is 5.27. The number of halogens is 1. The molecule has 0 aliphatic heterocycles. The summed E-state index contributed by atoms with van der Waals surface area (Å²) in [4.78, 5) is 24.8. The van der Waals surface area contributed by atoms with Crippen molar-refractivity contribution in [1.82, 2.24) is 0 Å². The van der Waals surface area contributed by atoms with Gasteiger partial charge in [-0.25, -0.2) is 14.0 Å². The van der Waals surface area contributed by atoms with Crippen molar-refractivity contribution in [2.75, 3.05) is 6.61 Å². The zero-order valence-corrected chi connectivity index (χ0v) is 16.2. The SMILES string of the molecule is CCOC(=O)c1c(C(C)(C)C)oc2ccc(OC(=O)c3ccccc3F)cc12. The van der Waals surface area contributed by atoms with E-state index in [0.29, 0.717) is 22.3 Å². The van der Waals surface area contributed by atoms with Crippen molar-refractivity contribution in [2.45, 2.75) is 33.1 Å². The maximum absolute atomic E-state index is 13.8. The molecule has 0 fully saturated rings. The lowest BCUT2D eigenvalue weighted by Crippen LogP contribution is -2.16. The van der Waals surface area contributed by atoms with Crippen LogP contribution < -0.4 is 4.74 Å². The molecule has 0 N–H and O–H groups in total. The molecule has 0 amide bonds. The van der Waals surface area contributed by atoms with E-state index < -0.39 is 23.2 Å². The summed E-state index contributed by atoms with van der Waals surface area (Å²) in [5.41, 5.74) is 0.160. The largest absolute Gasteiger partial charge is 0.462 e. The number of carbonyl (C=O) groups is 2. The van der Waals surface area contributed by atoms with Gasteiger partial charge in [-0.15, -0.1) is 0 Å². The van der Waals surface area contributed by atoms with Crippen LogP contribution in [-0.2, 0) is 10.2 Å². The molecular formula is C22H21FO5. The molecule has 0 atom stereocenters. The molecule has 6 heteroatoms. The van der Waals surface area contributed by atoms with E-state index in [-0.39, 0.29) is 17.9 Å². The van der Waals surface area contributed by atoms with Gasteiger partial charge in [0.05, 0.1) is 12.2 Å². The minimum absolute atomic E-state index is 0.171. The van der Waals surface area contributed by atoms with Gasteiger partial charge >= 0.3 is 11.9 Å². The first-order valence-electron chi connectivity index (χ1n) is 8.93. The molecule has 0 radical (unpaired) electrons. The minimum Gasteiger partial charge on any atom is -0.462 e. The number of hydrogen-bond donors (Lipinski definition) is 0. The van der Waals surface area contributed by atoms with E-state index >= 15 is 0 Å². The molecule has 0 spiro atoms. The average molecular weight is 384 g/mol. The standard InChI is InChI=1S/C22H21FO5/c1-5-26-21(25)18-15-12-13(10-11-17(15)28-19(18)22(2,3)4)27-20(24)14-8-6-7-9-16(14)23/h6-12H,5H2,1-4H3. The van der Waals surface area contributed by atoms with E-state index in [9.17, 15) is 14.0 Å². The molecule has 0 saturated heterocycles. The van der Waals surface area contributed by atoms with Gasteiger partial charge < -0.3 is 13.9 Å². The zero-order chi connectivity index (χ0) is 20.5. The van der Waals surface area contributed by atoms with Crippen LogP contribution in [0.2, 0.25) is 0 Å². The van der Waals surface area contributed by atoms with Crippen LogP contribution in [0.4, 0.5) is 4.39 Å². The molecule has 0 aliphatic rings. The Morgan fingerprint density at radius 3 is 2.43 bits per heavy atom. The van der Waals surface area contributed by atoms with Crippen molar-refractivity contribution in [2.24, 2.45) is 0 Å². The van der Waals surface area contributed by atoms with Gasteiger partial charge in [-0.2, -0.15) is 0 Å². The Labute approximate surface area is 162 Å². The lowest BCUT2D eigenvalue weighted by molar-refractivity contribution is 0.0523. The molecule has 0 aliphatic carbocycles. The number of carbonyl (C=O) groups excluding carboxylic acids is 2. The fourth-order valence-electron chi connectivity index (χ4n) is 2.86. The van der Waals surface area contributed by atoms with Crippen LogP contribution in [0.5, 0.6) is 5.75 Å². The van der Waals surface area contributed by atoms with Crippen molar-refractivity contribution in [3.05, 3.63) is 65.2 Å². The topological polar surface area (TPSA) is 65.7 Å². The Balaban J connectivity index is 2.05. The summed E-state index contributed by atoms with van der Waals surface area (Å²) in [5.74, 6) is -1.34. The normalized spacial score (nSPS) is 11.5. The summed E-state index contributed by atoms with van der Waals surface area (Å²) in [6.07, 6.45) is 0. The van der Waals surface area contributed by atoms with E-state index in [0.717, 1.165) is 0 Å². The molecule has 1 heterocycles. The van der Waals surface area contributed by atoms with E-state index in [4.69, 9.17) is 13.9 Å². The summed E-state index contributed by atoms with van der Waals surface area (Å²) >= 11 is 0. The minimum atomic E-state index is -0.824. The number of furan rings is 1. The first-order valence-corrected chi connectivity index (χ1v) is 8.93. The number of esters is 2. The van der Waals surface area contributed by atoms with Crippen molar-refractivity contribution in [1.29, 1.82) is 0 Å². The molecule has 1 aromatic heterocycles. The highest BCUT2D eigenvalue weighted by Gasteiger charge is 2.30. The van der Waals surface area contributed by atoms with E-state index in [1.807, 2.05) is 20.8 Å². The second-order valence-corrected chi connectivity index (χ2v) is 7.30. The first-order chi connectivity index (χ1) is 13.2. The fourth-order valence-corrected chi connectivity index (χ4v) is 2.86. The van der Waals surface area contributed by atoms with Crippen molar-refractivity contribution in [3.63, 3.8) is 0 Å². The molecule has 146 valence electrons. The number of benzene rings is 2. The van der Waals surface area contributed by atoms with Crippen LogP contribution in [0.3, 0.4) is 0 Å². The van der Waals surface area contributed by atoms with Crippen LogP contribution >= 0.6 is 0 Å². The maximum Gasteiger partial charge on any atom is 0.346 e. The Morgan fingerprint density at radius 2 is 1.79 bits per heavy atom. The van der Waals surface area contributed by atoms with Gasteiger partial charge in [-0.3, -0.25) is 0 Å². The average Bonchev–Trinajstić information content (AvgIpc) is 3.01. The summed E-state index contributed by atoms with van der Waals surface area (Å²) in [7, 11) is 0. The highest BCUT2D eigenvalue weighted by molar-refractivity contribution is 6.05. The highest BCUT2D eigenvalue weighted by Crippen LogP contribution is 2.36. The molecule has 5 nitrogen and oxygen atoms in total. The smallest absolute Gasteiger partial charge is 0.346 e. The summed E-state index contributed by atoms with van der Waals surface area (Å²) in [5, 5.41) is 0.474. The van der Waals surface area contributed by atoms with Gasteiger partial charge in [-0.1, -0.05) is 32.9 Å².